The van der Waals surface area contributed by atoms with Crippen LogP contribution in [0.15, 0.2) is 41.2 Å². The lowest BCUT2D eigenvalue weighted by atomic mass is 9.88. The first-order valence-electron chi connectivity index (χ1n) is 9.16. The molecule has 2 N–H and O–H groups in total. The van der Waals surface area contributed by atoms with Crippen LogP contribution in [0.4, 0.5) is 27.6 Å². The molecular weight excluding hydrogens is 445 g/mol. The van der Waals surface area contributed by atoms with Crippen LogP contribution in [0.3, 0.4) is 0 Å². The Morgan fingerprint density at radius 2 is 1.94 bits per heavy atom. The zero-order chi connectivity index (χ0) is 23.1. The van der Waals surface area contributed by atoms with E-state index >= 15 is 0 Å². The molecule has 5 nitrogen and oxygen atoms in total. The number of hydrogen-bond donors (Lipinski definition) is 2. The van der Waals surface area contributed by atoms with Crippen molar-refractivity contribution in [2.24, 2.45) is 0 Å². The Bertz CT molecular complexity index is 982. The van der Waals surface area contributed by atoms with Crippen molar-refractivity contribution in [2.75, 3.05) is 18.6 Å². The molecule has 0 saturated carbocycles. The summed E-state index contributed by atoms with van der Waals surface area (Å²) in [5.41, 5.74) is -0.153. The second-order valence-electron chi connectivity index (χ2n) is 7.04. The fourth-order valence-electron chi connectivity index (χ4n) is 3.67. The molecule has 1 aromatic carbocycles. The summed E-state index contributed by atoms with van der Waals surface area (Å²) in [6.07, 6.45) is -2.87. The van der Waals surface area contributed by atoms with Crippen LogP contribution < -0.4 is 4.90 Å². The van der Waals surface area contributed by atoms with Gasteiger partial charge in [-0.15, -0.1) is 0 Å². The van der Waals surface area contributed by atoms with Crippen LogP contribution in [0.1, 0.15) is 37.0 Å². The van der Waals surface area contributed by atoms with Gasteiger partial charge in [-0.05, 0) is 54.3 Å². The molecular formula is C20H19ClF5N3O2. The summed E-state index contributed by atoms with van der Waals surface area (Å²) < 4.78 is 78.8. The molecule has 0 spiro atoms. The smallest absolute Gasteiger partial charge is 0.416 e. The van der Waals surface area contributed by atoms with Crippen molar-refractivity contribution in [3.05, 3.63) is 52.3 Å². The molecule has 31 heavy (non-hydrogen) atoms. The maximum Gasteiger partial charge on any atom is 0.416 e. The molecule has 1 heterocycles. The Labute approximate surface area is 180 Å². The molecule has 3 rings (SSSR count). The van der Waals surface area contributed by atoms with Crippen molar-refractivity contribution in [3.63, 3.8) is 0 Å². The van der Waals surface area contributed by atoms with Gasteiger partial charge in [0.2, 0.25) is 0 Å². The van der Waals surface area contributed by atoms with Crippen LogP contribution in [-0.2, 0) is 15.7 Å². The number of alkyl halides is 6. The number of anilines is 1. The predicted octanol–water partition coefficient (Wildman–Crippen LogP) is 6.01. The minimum absolute atomic E-state index is 0.106. The number of nitrogens with one attached hydrogen (secondary N) is 2. The summed E-state index contributed by atoms with van der Waals surface area (Å²) >= 11 is 5.00. The van der Waals surface area contributed by atoms with Crippen LogP contribution in [0.25, 0.3) is 0 Å². The highest BCUT2D eigenvalue weighted by Crippen LogP contribution is 2.44. The van der Waals surface area contributed by atoms with Gasteiger partial charge in [0, 0.05) is 12.0 Å². The van der Waals surface area contributed by atoms with Crippen molar-refractivity contribution in [3.8, 4) is 0 Å². The Hall–Kier alpha value is -2.46. The topological polar surface area (TPSA) is 69.4 Å². The highest BCUT2D eigenvalue weighted by atomic mass is 35.5. The molecule has 1 aromatic rings. The SMILES string of the molecule is COC1=C(C)C([C@H]2OCC(=N)N(C(=N)C(F)(F)Cl)c3ccc(C(F)(F)F)cc32)=CCC1. The van der Waals surface area contributed by atoms with Gasteiger partial charge in [-0.2, -0.15) is 22.0 Å². The van der Waals surface area contributed by atoms with Crippen molar-refractivity contribution in [2.45, 2.75) is 37.4 Å². The number of amidine groups is 2. The third kappa shape index (κ3) is 4.45. The first-order chi connectivity index (χ1) is 14.4. The minimum atomic E-state index is -4.70. The number of hydrogen-bond acceptors (Lipinski definition) is 4. The van der Waals surface area contributed by atoms with E-state index in [1.807, 2.05) is 0 Å². The average molecular weight is 464 g/mol. The number of fused-ring (bicyclic) bond motifs is 1. The Kier molecular flexibility index (Phi) is 6.16. The molecule has 0 amide bonds. The summed E-state index contributed by atoms with van der Waals surface area (Å²) in [6.45, 7) is 1.20. The zero-order valence-electron chi connectivity index (χ0n) is 16.5. The van der Waals surface area contributed by atoms with E-state index in [-0.39, 0.29) is 11.3 Å². The summed E-state index contributed by atoms with van der Waals surface area (Å²) in [5, 5.41) is 11.7. The summed E-state index contributed by atoms with van der Waals surface area (Å²) in [5.74, 6) is -1.38. The molecule has 0 fully saturated rings. The van der Waals surface area contributed by atoms with Gasteiger partial charge in [-0.1, -0.05) is 6.08 Å². The van der Waals surface area contributed by atoms with Gasteiger partial charge in [-0.25, -0.2) is 0 Å². The lowest BCUT2D eigenvalue weighted by molar-refractivity contribution is -0.137. The fourth-order valence-corrected chi connectivity index (χ4v) is 3.75. The quantitative estimate of drug-likeness (QED) is 0.249. The van der Waals surface area contributed by atoms with E-state index < -0.39 is 41.5 Å². The Morgan fingerprint density at radius 3 is 2.52 bits per heavy atom. The highest BCUT2D eigenvalue weighted by molar-refractivity contribution is 6.38. The zero-order valence-corrected chi connectivity index (χ0v) is 17.3. The number of nitrogens with zero attached hydrogens (tertiary/aromatic N) is 1. The minimum Gasteiger partial charge on any atom is -0.501 e. The first kappa shape index (κ1) is 23.2. The number of rotatable bonds is 3. The van der Waals surface area contributed by atoms with E-state index in [9.17, 15) is 22.0 Å². The summed E-state index contributed by atoms with van der Waals surface area (Å²) in [7, 11) is 1.48. The lowest BCUT2D eigenvalue weighted by Crippen LogP contribution is -2.45. The second kappa shape index (κ2) is 8.23. The number of allylic oxidation sites excluding steroid dienone is 2. The molecule has 11 heteroatoms. The fraction of sp³-hybridized carbons (Fsp3) is 0.400. The Balaban J connectivity index is 2.24. The van der Waals surface area contributed by atoms with Crippen molar-refractivity contribution < 1.29 is 31.4 Å². The molecule has 1 aliphatic heterocycles. The first-order valence-corrected chi connectivity index (χ1v) is 9.54. The maximum atomic E-state index is 13.7. The number of halogens is 6. The molecule has 0 radical (unpaired) electrons. The van der Waals surface area contributed by atoms with Gasteiger partial charge in [0.25, 0.3) is 0 Å². The van der Waals surface area contributed by atoms with E-state index in [1.54, 1.807) is 13.0 Å². The van der Waals surface area contributed by atoms with Crippen LogP contribution in [-0.4, -0.2) is 30.8 Å². The monoisotopic (exact) mass is 463 g/mol. The van der Waals surface area contributed by atoms with E-state index in [1.165, 1.54) is 7.11 Å². The number of ether oxygens (including phenoxy) is 2. The molecule has 1 aliphatic carbocycles. The van der Waals surface area contributed by atoms with Crippen molar-refractivity contribution >= 4 is 29.0 Å². The van der Waals surface area contributed by atoms with Crippen molar-refractivity contribution in [1.82, 2.24) is 0 Å². The van der Waals surface area contributed by atoms with Crippen LogP contribution in [0.5, 0.6) is 0 Å². The molecule has 0 aromatic heterocycles. The standard InChI is InChI=1S/C20H19ClF5N3O2/c1-10-12(4-3-5-15(10)30-2)17-13-8-11(20(24,25)26)6-7-14(13)29(16(27)9-31-17)18(28)19(21,22)23/h4,6-8,17,27-28H,3,5,9H2,1-2H3/t17-/m1/s1. The third-order valence-electron chi connectivity index (χ3n) is 5.14. The third-order valence-corrected chi connectivity index (χ3v) is 5.32. The lowest BCUT2D eigenvalue weighted by Gasteiger charge is -2.29. The molecule has 168 valence electrons. The van der Waals surface area contributed by atoms with Gasteiger partial charge in [-0.3, -0.25) is 15.7 Å². The van der Waals surface area contributed by atoms with Crippen LogP contribution in [0, 0.1) is 10.8 Å². The van der Waals surface area contributed by atoms with Crippen molar-refractivity contribution in [1.29, 1.82) is 10.8 Å². The average Bonchev–Trinajstić information content (AvgIpc) is 2.82. The second-order valence-corrected chi connectivity index (χ2v) is 7.52. The molecule has 0 unspecified atom stereocenters. The molecule has 0 saturated heterocycles. The number of methoxy groups -OCH3 is 1. The normalized spacial score (nSPS) is 20.3. The van der Waals surface area contributed by atoms with Gasteiger partial charge >= 0.3 is 11.6 Å². The van der Waals surface area contributed by atoms with E-state index in [2.05, 4.69) is 0 Å². The van der Waals surface area contributed by atoms with Crippen LogP contribution >= 0.6 is 11.6 Å². The highest BCUT2D eigenvalue weighted by Gasteiger charge is 2.42. The molecule has 0 bridgehead atoms. The largest absolute Gasteiger partial charge is 0.501 e. The molecule has 2 aliphatic rings. The Morgan fingerprint density at radius 1 is 1.26 bits per heavy atom. The summed E-state index contributed by atoms with van der Waals surface area (Å²) in [4.78, 5) is 0.516. The van der Waals surface area contributed by atoms with E-state index in [0.717, 1.165) is 12.1 Å². The van der Waals surface area contributed by atoms with Gasteiger partial charge < -0.3 is 9.47 Å². The molecule has 1 atom stereocenters. The van der Waals surface area contributed by atoms with Gasteiger partial charge in [0.1, 0.15) is 18.5 Å². The summed E-state index contributed by atoms with van der Waals surface area (Å²) in [6, 6.07) is 2.45. The van der Waals surface area contributed by atoms with Gasteiger partial charge in [0.15, 0.2) is 5.84 Å². The van der Waals surface area contributed by atoms with E-state index in [0.29, 0.717) is 40.7 Å². The number of benzene rings is 1. The predicted molar refractivity (Wildman–Crippen MR) is 106 cm³/mol. The van der Waals surface area contributed by atoms with Gasteiger partial charge in [0.05, 0.1) is 24.1 Å². The maximum absolute atomic E-state index is 13.7. The van der Waals surface area contributed by atoms with E-state index in [4.69, 9.17) is 31.9 Å². The van der Waals surface area contributed by atoms with Crippen LogP contribution in [0.2, 0.25) is 0 Å².